The molecular weight excluding hydrogens is 432 g/mol. The number of hydrogen-bond donors (Lipinski definition) is 3. The molecule has 2 aromatic rings. The van der Waals surface area contributed by atoms with Crippen LogP contribution in [-0.2, 0) is 14.6 Å². The molecule has 2 aromatic carbocycles. The van der Waals surface area contributed by atoms with Crippen LogP contribution in [0.1, 0.15) is 23.2 Å². The van der Waals surface area contributed by atoms with Crippen molar-refractivity contribution < 1.29 is 37.0 Å². The van der Waals surface area contributed by atoms with Crippen molar-refractivity contribution in [1.29, 1.82) is 0 Å². The summed E-state index contributed by atoms with van der Waals surface area (Å²) in [7, 11) is -4.12. The van der Waals surface area contributed by atoms with Gasteiger partial charge in [0, 0.05) is 30.2 Å². The molecule has 0 heterocycles. The van der Waals surface area contributed by atoms with Gasteiger partial charge in [0.2, 0.25) is 0 Å². The monoisotopic (exact) mass is 445 g/mol. The van der Waals surface area contributed by atoms with E-state index in [0.717, 1.165) is 24.3 Å². The summed E-state index contributed by atoms with van der Waals surface area (Å²) in [6.07, 6.45) is -1.02. The smallest absolute Gasteiger partial charge is 0.335 e. The Bertz CT molecular complexity index is 1120. The van der Waals surface area contributed by atoms with E-state index in [-0.39, 0.29) is 16.3 Å². The Labute approximate surface area is 168 Å². The van der Waals surface area contributed by atoms with Gasteiger partial charge < -0.3 is 15.5 Å². The maximum absolute atomic E-state index is 13.3. The molecule has 3 rings (SSSR count). The molecule has 0 aromatic heterocycles. The van der Waals surface area contributed by atoms with Gasteiger partial charge in [-0.25, -0.2) is 22.0 Å². The van der Waals surface area contributed by atoms with Crippen molar-refractivity contribution in [2.45, 2.75) is 28.6 Å². The molecule has 1 amide bonds. The third kappa shape index (κ3) is 3.96. The SMILES string of the molecule is O=C(Nc1ccc(F)c(F)c1)c1ccc(Cl)c(S(=O)(=O)C2CC(O)(C(=O)O)C2)c1. The third-order valence-electron chi connectivity index (χ3n) is 4.65. The largest absolute Gasteiger partial charge is 0.479 e. The van der Waals surface area contributed by atoms with Crippen LogP contribution in [-0.4, -0.2) is 41.4 Å². The Hall–Kier alpha value is -2.56. The van der Waals surface area contributed by atoms with Crippen molar-refractivity contribution in [1.82, 2.24) is 0 Å². The van der Waals surface area contributed by atoms with Crippen LogP contribution in [0.25, 0.3) is 0 Å². The van der Waals surface area contributed by atoms with Gasteiger partial charge in [0.05, 0.1) is 15.2 Å². The number of nitrogens with one attached hydrogen (secondary N) is 1. The van der Waals surface area contributed by atoms with Crippen molar-refractivity contribution in [2.24, 2.45) is 0 Å². The van der Waals surface area contributed by atoms with Gasteiger partial charge in [-0.2, -0.15) is 0 Å². The molecule has 11 heteroatoms. The summed E-state index contributed by atoms with van der Waals surface area (Å²) in [6, 6.07) is 6.14. The van der Waals surface area contributed by atoms with E-state index < -0.39 is 61.9 Å². The second-order valence-electron chi connectivity index (χ2n) is 6.64. The molecule has 154 valence electrons. The second-order valence-corrected chi connectivity index (χ2v) is 9.24. The topological polar surface area (TPSA) is 121 Å². The predicted molar refractivity (Wildman–Crippen MR) is 98.6 cm³/mol. The minimum atomic E-state index is -4.12. The van der Waals surface area contributed by atoms with Gasteiger partial charge in [0.1, 0.15) is 0 Å². The van der Waals surface area contributed by atoms with E-state index in [1.165, 1.54) is 12.1 Å². The Morgan fingerprint density at radius 2 is 1.76 bits per heavy atom. The third-order valence-corrected chi connectivity index (χ3v) is 7.25. The summed E-state index contributed by atoms with van der Waals surface area (Å²) in [4.78, 5) is 22.9. The molecule has 7 nitrogen and oxygen atoms in total. The summed E-state index contributed by atoms with van der Waals surface area (Å²) in [6.45, 7) is 0. The van der Waals surface area contributed by atoms with E-state index in [1.807, 2.05) is 0 Å². The first-order valence-electron chi connectivity index (χ1n) is 8.20. The Kier molecular flexibility index (Phi) is 5.37. The standard InChI is InChI=1S/C18H14ClF2NO6S/c19-12-3-1-9(16(23)22-10-2-4-13(20)14(21)6-10)5-15(12)29(27,28)11-7-18(26,8-11)17(24)25/h1-6,11,26H,7-8H2,(H,22,23)(H,24,25). The minimum Gasteiger partial charge on any atom is -0.479 e. The normalized spacial score (nSPS) is 21.3. The highest BCUT2D eigenvalue weighted by atomic mass is 35.5. The number of anilines is 1. The Morgan fingerprint density at radius 1 is 1.10 bits per heavy atom. The number of benzene rings is 2. The summed E-state index contributed by atoms with van der Waals surface area (Å²) < 4.78 is 51.8. The van der Waals surface area contributed by atoms with Crippen LogP contribution in [0.4, 0.5) is 14.5 Å². The number of aliphatic hydroxyl groups is 1. The van der Waals surface area contributed by atoms with Crippen LogP contribution in [0.15, 0.2) is 41.3 Å². The van der Waals surface area contributed by atoms with Gasteiger partial charge in [-0.05, 0) is 30.3 Å². The molecule has 29 heavy (non-hydrogen) atoms. The number of aliphatic carboxylic acids is 1. The molecule has 0 aliphatic heterocycles. The zero-order valence-electron chi connectivity index (χ0n) is 14.5. The summed E-state index contributed by atoms with van der Waals surface area (Å²) >= 11 is 5.96. The second kappa shape index (κ2) is 7.36. The summed E-state index contributed by atoms with van der Waals surface area (Å²) in [5.74, 6) is -4.57. The molecule has 1 fully saturated rings. The van der Waals surface area contributed by atoms with Crippen molar-refractivity contribution in [2.75, 3.05) is 5.32 Å². The first-order valence-corrected chi connectivity index (χ1v) is 10.1. The maximum Gasteiger partial charge on any atom is 0.335 e. The highest BCUT2D eigenvalue weighted by Crippen LogP contribution is 2.41. The van der Waals surface area contributed by atoms with Crippen LogP contribution in [0.2, 0.25) is 5.02 Å². The molecule has 1 saturated carbocycles. The number of rotatable bonds is 5. The lowest BCUT2D eigenvalue weighted by Gasteiger charge is -2.39. The van der Waals surface area contributed by atoms with Crippen LogP contribution in [0.3, 0.4) is 0 Å². The van der Waals surface area contributed by atoms with Crippen molar-refractivity contribution >= 4 is 39.0 Å². The lowest BCUT2D eigenvalue weighted by atomic mass is 9.80. The van der Waals surface area contributed by atoms with E-state index in [0.29, 0.717) is 0 Å². The average Bonchev–Trinajstić information content (AvgIpc) is 2.62. The van der Waals surface area contributed by atoms with E-state index in [1.54, 1.807) is 0 Å². The van der Waals surface area contributed by atoms with Crippen molar-refractivity contribution in [3.8, 4) is 0 Å². The minimum absolute atomic E-state index is 0.0428. The molecule has 0 atom stereocenters. The number of amides is 1. The van der Waals surface area contributed by atoms with Crippen LogP contribution in [0.5, 0.6) is 0 Å². The highest BCUT2D eigenvalue weighted by molar-refractivity contribution is 7.92. The molecule has 3 N–H and O–H groups in total. The van der Waals surface area contributed by atoms with Crippen molar-refractivity contribution in [3.63, 3.8) is 0 Å². The quantitative estimate of drug-likeness (QED) is 0.650. The fourth-order valence-corrected chi connectivity index (χ4v) is 5.33. The zero-order chi connectivity index (χ0) is 21.6. The lowest BCUT2D eigenvalue weighted by Crippen LogP contribution is -2.55. The van der Waals surface area contributed by atoms with Gasteiger partial charge >= 0.3 is 5.97 Å². The van der Waals surface area contributed by atoms with E-state index in [2.05, 4.69) is 5.32 Å². The maximum atomic E-state index is 13.3. The van der Waals surface area contributed by atoms with Crippen molar-refractivity contribution in [3.05, 3.63) is 58.6 Å². The van der Waals surface area contributed by atoms with Gasteiger partial charge in [0.15, 0.2) is 27.1 Å². The molecule has 0 unspecified atom stereocenters. The summed E-state index contributed by atoms with van der Waals surface area (Å²) in [5, 5.41) is 19.6. The van der Waals surface area contributed by atoms with Gasteiger partial charge in [-0.3, -0.25) is 4.79 Å². The molecule has 0 spiro atoms. The molecule has 1 aliphatic rings. The number of carboxylic acid groups (broad SMARTS) is 1. The Morgan fingerprint density at radius 3 is 2.34 bits per heavy atom. The number of halogens is 3. The molecule has 0 bridgehead atoms. The number of carbonyl (C=O) groups is 2. The first-order chi connectivity index (χ1) is 13.4. The van der Waals surface area contributed by atoms with Gasteiger partial charge in [-0.1, -0.05) is 11.6 Å². The molecule has 0 saturated heterocycles. The fourth-order valence-electron chi connectivity index (χ4n) is 2.91. The van der Waals surface area contributed by atoms with E-state index in [9.17, 15) is 31.9 Å². The fraction of sp³-hybridized carbons (Fsp3) is 0.222. The predicted octanol–water partition coefficient (Wildman–Crippen LogP) is 2.62. The lowest BCUT2D eigenvalue weighted by molar-refractivity contribution is -0.167. The molecule has 0 radical (unpaired) electrons. The number of hydrogen-bond acceptors (Lipinski definition) is 5. The first kappa shape index (κ1) is 21.2. The number of carboxylic acids is 1. The van der Waals surface area contributed by atoms with Crippen LogP contribution in [0, 0.1) is 11.6 Å². The molecule has 1 aliphatic carbocycles. The molecular formula is C18H14ClF2NO6S. The summed E-state index contributed by atoms with van der Waals surface area (Å²) in [5.41, 5.74) is -2.28. The average molecular weight is 446 g/mol. The Balaban J connectivity index is 1.85. The number of carbonyl (C=O) groups excluding carboxylic acids is 1. The van der Waals surface area contributed by atoms with Gasteiger partial charge in [-0.15, -0.1) is 0 Å². The van der Waals surface area contributed by atoms with Gasteiger partial charge in [0.25, 0.3) is 5.91 Å². The van der Waals surface area contributed by atoms with E-state index >= 15 is 0 Å². The highest BCUT2D eigenvalue weighted by Gasteiger charge is 2.54. The van der Waals surface area contributed by atoms with Crippen LogP contribution < -0.4 is 5.32 Å². The van der Waals surface area contributed by atoms with E-state index in [4.69, 9.17) is 16.7 Å². The van der Waals surface area contributed by atoms with Crippen LogP contribution >= 0.6 is 11.6 Å². The number of sulfone groups is 1. The zero-order valence-corrected chi connectivity index (χ0v) is 16.1.